The molecule has 3 rings (SSSR count). The smallest absolute Gasteiger partial charge is 0.0840 e. The Morgan fingerprint density at radius 3 is 2.45 bits per heavy atom. The molecular formula is C20H30O2. The van der Waals surface area contributed by atoms with Crippen LogP contribution in [0, 0.1) is 11.3 Å². The zero-order valence-electron chi connectivity index (χ0n) is 14.6. The minimum Gasteiger partial charge on any atom is -0.388 e. The van der Waals surface area contributed by atoms with Crippen LogP contribution >= 0.6 is 0 Å². The molecule has 0 aliphatic heterocycles. The van der Waals surface area contributed by atoms with Gasteiger partial charge in [-0.1, -0.05) is 45.4 Å². The molecule has 0 heterocycles. The molecule has 3 atom stereocenters. The maximum Gasteiger partial charge on any atom is 0.0840 e. The van der Waals surface area contributed by atoms with Crippen LogP contribution in [-0.2, 0) is 11.0 Å². The van der Waals surface area contributed by atoms with Gasteiger partial charge in [0.2, 0.25) is 0 Å². The fourth-order valence-corrected chi connectivity index (χ4v) is 5.11. The molecule has 1 fully saturated rings. The van der Waals surface area contributed by atoms with Crippen molar-refractivity contribution in [1.82, 2.24) is 0 Å². The Bertz CT molecular complexity index is 582. The molecule has 0 aromatic heterocycles. The van der Waals surface area contributed by atoms with Gasteiger partial charge < -0.3 is 10.2 Å². The maximum absolute atomic E-state index is 10.8. The average Bonchev–Trinajstić information content (AvgIpc) is 2.40. The lowest BCUT2D eigenvalue weighted by atomic mass is 9.50. The van der Waals surface area contributed by atoms with E-state index in [0.29, 0.717) is 5.92 Å². The molecule has 2 nitrogen and oxygen atoms in total. The zero-order chi connectivity index (χ0) is 16.3. The van der Waals surface area contributed by atoms with Gasteiger partial charge in [-0.05, 0) is 66.5 Å². The molecule has 0 spiro atoms. The van der Waals surface area contributed by atoms with Crippen LogP contribution in [0.1, 0.15) is 83.1 Å². The molecule has 0 bridgehead atoms. The molecule has 0 unspecified atom stereocenters. The van der Waals surface area contributed by atoms with E-state index in [-0.39, 0.29) is 10.8 Å². The second kappa shape index (κ2) is 4.82. The van der Waals surface area contributed by atoms with Crippen LogP contribution in [0.2, 0.25) is 0 Å². The number of benzene rings is 1. The molecule has 0 radical (unpaired) electrons. The summed E-state index contributed by atoms with van der Waals surface area (Å²) in [6.07, 6.45) is 4.13. The van der Waals surface area contributed by atoms with Crippen molar-refractivity contribution < 1.29 is 10.2 Å². The first-order chi connectivity index (χ1) is 10.1. The molecule has 0 saturated heterocycles. The summed E-state index contributed by atoms with van der Waals surface area (Å²) in [6, 6.07) is 6.24. The molecule has 122 valence electrons. The van der Waals surface area contributed by atoms with E-state index in [2.05, 4.69) is 26.8 Å². The highest BCUT2D eigenvalue weighted by Crippen LogP contribution is 2.59. The molecule has 0 amide bonds. The third-order valence-electron chi connectivity index (χ3n) is 6.42. The Balaban J connectivity index is 2.13. The second-order valence-corrected chi connectivity index (χ2v) is 8.92. The Labute approximate surface area is 134 Å². The predicted octanol–water partition coefficient (Wildman–Crippen LogP) is 4.44. The Morgan fingerprint density at radius 1 is 1.14 bits per heavy atom. The van der Waals surface area contributed by atoms with Gasteiger partial charge in [0, 0.05) is 0 Å². The first kappa shape index (κ1) is 16.0. The highest BCUT2D eigenvalue weighted by Gasteiger charge is 2.51. The standard InChI is InChI=1S/C20H30O2/c1-18(2)9-6-10-20(5)15-8-7-13(19(3,4)22)11-14(15)16(21)12-17(18)20/h7-8,11,16-17,21-22H,6,9-10,12H2,1-5H3/t16-,17-,20+/m0/s1. The molecular weight excluding hydrogens is 272 g/mol. The van der Waals surface area contributed by atoms with Gasteiger partial charge in [0.1, 0.15) is 0 Å². The predicted molar refractivity (Wildman–Crippen MR) is 89.7 cm³/mol. The number of hydrogen-bond acceptors (Lipinski definition) is 2. The van der Waals surface area contributed by atoms with Crippen molar-refractivity contribution in [2.24, 2.45) is 11.3 Å². The van der Waals surface area contributed by atoms with Crippen molar-refractivity contribution in [3.8, 4) is 0 Å². The van der Waals surface area contributed by atoms with Crippen LogP contribution in [-0.4, -0.2) is 10.2 Å². The van der Waals surface area contributed by atoms with Crippen molar-refractivity contribution in [2.75, 3.05) is 0 Å². The van der Waals surface area contributed by atoms with E-state index in [9.17, 15) is 10.2 Å². The molecule has 2 aliphatic carbocycles. The molecule has 1 saturated carbocycles. The van der Waals surface area contributed by atoms with Crippen molar-refractivity contribution in [3.63, 3.8) is 0 Å². The zero-order valence-corrected chi connectivity index (χ0v) is 14.6. The Kier molecular flexibility index (Phi) is 3.51. The topological polar surface area (TPSA) is 40.5 Å². The third-order valence-corrected chi connectivity index (χ3v) is 6.42. The van der Waals surface area contributed by atoms with Gasteiger partial charge >= 0.3 is 0 Å². The first-order valence-electron chi connectivity index (χ1n) is 8.61. The Hall–Kier alpha value is -0.860. The van der Waals surface area contributed by atoms with Gasteiger partial charge in [0.15, 0.2) is 0 Å². The fourth-order valence-electron chi connectivity index (χ4n) is 5.11. The molecule has 1 aromatic carbocycles. The van der Waals surface area contributed by atoms with E-state index in [1.807, 2.05) is 12.1 Å². The summed E-state index contributed by atoms with van der Waals surface area (Å²) in [4.78, 5) is 0. The van der Waals surface area contributed by atoms with Gasteiger partial charge in [0.25, 0.3) is 0 Å². The van der Waals surface area contributed by atoms with Crippen LogP contribution < -0.4 is 0 Å². The van der Waals surface area contributed by atoms with Crippen molar-refractivity contribution in [2.45, 2.75) is 77.4 Å². The van der Waals surface area contributed by atoms with Gasteiger partial charge in [-0.2, -0.15) is 0 Å². The maximum atomic E-state index is 10.8. The number of aliphatic hydroxyl groups is 2. The van der Waals surface area contributed by atoms with E-state index in [1.165, 1.54) is 24.8 Å². The van der Waals surface area contributed by atoms with Crippen molar-refractivity contribution in [1.29, 1.82) is 0 Å². The molecule has 1 aromatic rings. The van der Waals surface area contributed by atoms with Gasteiger partial charge in [-0.25, -0.2) is 0 Å². The number of rotatable bonds is 1. The summed E-state index contributed by atoms with van der Waals surface area (Å²) < 4.78 is 0. The van der Waals surface area contributed by atoms with E-state index in [4.69, 9.17) is 0 Å². The monoisotopic (exact) mass is 302 g/mol. The molecule has 2 heteroatoms. The molecule has 2 aliphatic rings. The first-order valence-corrected chi connectivity index (χ1v) is 8.61. The summed E-state index contributed by atoms with van der Waals surface area (Å²) in [6.45, 7) is 10.7. The van der Waals surface area contributed by atoms with Crippen LogP contribution in [0.4, 0.5) is 0 Å². The summed E-state index contributed by atoms with van der Waals surface area (Å²) in [7, 11) is 0. The number of hydrogen-bond donors (Lipinski definition) is 2. The summed E-state index contributed by atoms with van der Waals surface area (Å²) in [5.41, 5.74) is 2.79. The number of fused-ring (bicyclic) bond motifs is 3. The molecule has 22 heavy (non-hydrogen) atoms. The van der Waals surface area contributed by atoms with Gasteiger partial charge in [-0.15, -0.1) is 0 Å². The normalized spacial score (nSPS) is 34.0. The SMILES string of the molecule is CC(C)(O)c1ccc2c(c1)[C@@H](O)C[C@H]1C(C)(C)CCC[C@]21C. The summed E-state index contributed by atoms with van der Waals surface area (Å²) in [5.74, 6) is 0.518. The largest absolute Gasteiger partial charge is 0.388 e. The van der Waals surface area contributed by atoms with E-state index in [1.54, 1.807) is 13.8 Å². The quantitative estimate of drug-likeness (QED) is 0.805. The molecule has 2 N–H and O–H groups in total. The second-order valence-electron chi connectivity index (χ2n) is 8.92. The summed E-state index contributed by atoms with van der Waals surface area (Å²) >= 11 is 0. The third kappa shape index (κ3) is 2.32. The Morgan fingerprint density at radius 2 is 1.82 bits per heavy atom. The van der Waals surface area contributed by atoms with Crippen molar-refractivity contribution >= 4 is 0 Å². The lowest BCUT2D eigenvalue weighted by molar-refractivity contribution is -0.00708. The van der Waals surface area contributed by atoms with E-state index < -0.39 is 11.7 Å². The van der Waals surface area contributed by atoms with Crippen LogP contribution in [0.5, 0.6) is 0 Å². The van der Waals surface area contributed by atoms with E-state index >= 15 is 0 Å². The highest BCUT2D eigenvalue weighted by molar-refractivity contribution is 5.43. The van der Waals surface area contributed by atoms with Crippen molar-refractivity contribution in [3.05, 3.63) is 34.9 Å². The van der Waals surface area contributed by atoms with E-state index in [0.717, 1.165) is 17.5 Å². The lowest BCUT2D eigenvalue weighted by Gasteiger charge is -2.55. The highest BCUT2D eigenvalue weighted by atomic mass is 16.3. The number of aliphatic hydroxyl groups excluding tert-OH is 1. The van der Waals surface area contributed by atoms with Crippen LogP contribution in [0.3, 0.4) is 0 Å². The van der Waals surface area contributed by atoms with Crippen LogP contribution in [0.15, 0.2) is 18.2 Å². The minimum atomic E-state index is -0.863. The summed E-state index contributed by atoms with van der Waals surface area (Å²) in [5, 5.41) is 21.0. The fraction of sp³-hybridized carbons (Fsp3) is 0.700. The minimum absolute atomic E-state index is 0.147. The van der Waals surface area contributed by atoms with Crippen LogP contribution in [0.25, 0.3) is 0 Å². The van der Waals surface area contributed by atoms with Gasteiger partial charge in [0.05, 0.1) is 11.7 Å². The average molecular weight is 302 g/mol. The lowest BCUT2D eigenvalue weighted by Crippen LogP contribution is -2.48. The van der Waals surface area contributed by atoms with Gasteiger partial charge in [-0.3, -0.25) is 0 Å².